The molecule has 0 spiro atoms. The van der Waals surface area contributed by atoms with E-state index in [9.17, 15) is 28.8 Å². The number of hydrogen-bond donors (Lipinski definition) is 2. The number of hydrogen-bond acceptors (Lipinski definition) is 8. The Kier molecular flexibility index (Phi) is 6.43. The van der Waals surface area contributed by atoms with Gasteiger partial charge >= 0.3 is 23.8 Å². The number of fused-ring (bicyclic) bond motifs is 2. The van der Waals surface area contributed by atoms with Gasteiger partial charge in [0.25, 0.3) is 0 Å². The van der Waals surface area contributed by atoms with E-state index in [1.807, 2.05) is 0 Å². The summed E-state index contributed by atoms with van der Waals surface area (Å²) < 4.78 is 9.26. The van der Waals surface area contributed by atoms with Gasteiger partial charge in [0.05, 0.1) is 24.6 Å². The van der Waals surface area contributed by atoms with Crippen molar-refractivity contribution < 1.29 is 38.2 Å². The molecule has 2 aromatic carbocycles. The minimum Gasteiger partial charge on any atom is -0.459 e. The Morgan fingerprint density at radius 2 is 1.06 bits per heavy atom. The Labute approximate surface area is 181 Å². The van der Waals surface area contributed by atoms with Crippen LogP contribution in [0.2, 0.25) is 0 Å². The van der Waals surface area contributed by atoms with Crippen LogP contribution in [0, 0.1) is 0 Å². The van der Waals surface area contributed by atoms with E-state index < -0.39 is 35.3 Å². The first-order valence-electron chi connectivity index (χ1n) is 9.61. The number of ketones is 2. The molecule has 0 atom stereocenters. The topological polar surface area (TPSA) is 145 Å². The van der Waals surface area contributed by atoms with Crippen LogP contribution in [0.3, 0.4) is 0 Å². The highest BCUT2D eigenvalue weighted by molar-refractivity contribution is 6.40. The number of carbonyl (C=O) groups excluding carboxylic acids is 6. The summed E-state index contributed by atoms with van der Waals surface area (Å²) in [6.45, 7) is 2.92. The van der Waals surface area contributed by atoms with Crippen LogP contribution in [0.4, 0.5) is 11.4 Å². The summed E-state index contributed by atoms with van der Waals surface area (Å²) in [6, 6.07) is 8.50. The van der Waals surface area contributed by atoms with Crippen LogP contribution in [-0.4, -0.2) is 48.5 Å². The molecule has 0 aliphatic heterocycles. The first-order valence-corrected chi connectivity index (χ1v) is 9.61. The maximum atomic E-state index is 12.9. The first-order chi connectivity index (χ1) is 15.3. The molecule has 32 heavy (non-hydrogen) atoms. The summed E-state index contributed by atoms with van der Waals surface area (Å²) in [6.07, 6.45) is 0. The average Bonchev–Trinajstić information content (AvgIpc) is 2.78. The standard InChI is InChI=1S/C22H18N2O8/c1-3-31-21(29)19(27)23-15-9-13-14(10-16(15)24-20(28)22(30)32-4-2)18(26)12-8-6-5-7-11(12)17(13)25/h5-10H,3-4H2,1-2H3,(H,23,27)(H,24,28). The molecule has 1 aliphatic carbocycles. The van der Waals surface area contributed by atoms with Crippen molar-refractivity contribution in [2.24, 2.45) is 0 Å². The van der Waals surface area contributed by atoms with E-state index in [0.717, 1.165) is 12.1 Å². The molecule has 0 fully saturated rings. The van der Waals surface area contributed by atoms with Gasteiger partial charge in [0.2, 0.25) is 0 Å². The number of ether oxygens (including phenoxy) is 2. The summed E-state index contributed by atoms with van der Waals surface area (Å²) in [4.78, 5) is 73.6. The highest BCUT2D eigenvalue weighted by Gasteiger charge is 2.32. The number of benzene rings is 2. The summed E-state index contributed by atoms with van der Waals surface area (Å²) in [5.74, 6) is -5.70. The molecule has 164 valence electrons. The molecule has 2 N–H and O–H groups in total. The fourth-order valence-electron chi connectivity index (χ4n) is 3.09. The molecule has 10 heteroatoms. The van der Waals surface area contributed by atoms with Gasteiger partial charge in [0.1, 0.15) is 0 Å². The van der Waals surface area contributed by atoms with E-state index in [1.165, 1.54) is 26.0 Å². The molecule has 1 aliphatic rings. The minimum atomic E-state index is -1.19. The lowest BCUT2D eigenvalue weighted by Gasteiger charge is -2.20. The van der Waals surface area contributed by atoms with Crippen molar-refractivity contribution in [2.45, 2.75) is 13.8 Å². The molecule has 2 amide bonds. The number of rotatable bonds is 4. The Morgan fingerprint density at radius 3 is 1.41 bits per heavy atom. The molecule has 0 radical (unpaired) electrons. The molecular weight excluding hydrogens is 420 g/mol. The van der Waals surface area contributed by atoms with Crippen LogP contribution in [0.1, 0.15) is 45.7 Å². The smallest absolute Gasteiger partial charge is 0.397 e. The highest BCUT2D eigenvalue weighted by Crippen LogP contribution is 2.34. The van der Waals surface area contributed by atoms with Gasteiger partial charge in [0, 0.05) is 22.3 Å². The van der Waals surface area contributed by atoms with Crippen LogP contribution in [0.25, 0.3) is 0 Å². The highest BCUT2D eigenvalue weighted by atomic mass is 16.5. The zero-order valence-electron chi connectivity index (χ0n) is 17.1. The zero-order chi connectivity index (χ0) is 23.4. The van der Waals surface area contributed by atoms with Gasteiger partial charge in [-0.2, -0.15) is 0 Å². The third-order valence-corrected chi connectivity index (χ3v) is 4.48. The zero-order valence-corrected chi connectivity index (χ0v) is 17.1. The maximum Gasteiger partial charge on any atom is 0.397 e. The van der Waals surface area contributed by atoms with Gasteiger partial charge in [-0.3, -0.25) is 19.2 Å². The Morgan fingerprint density at radius 1 is 0.688 bits per heavy atom. The number of carbonyl (C=O) groups is 6. The molecule has 2 aromatic rings. The number of anilines is 2. The normalized spacial score (nSPS) is 11.7. The monoisotopic (exact) mass is 438 g/mol. The summed E-state index contributed by atoms with van der Waals surface area (Å²) >= 11 is 0. The first kappa shape index (κ1) is 22.3. The molecule has 0 saturated heterocycles. The van der Waals surface area contributed by atoms with Gasteiger partial charge in [-0.25, -0.2) is 9.59 Å². The number of esters is 2. The second-order valence-electron chi connectivity index (χ2n) is 6.50. The van der Waals surface area contributed by atoms with E-state index in [4.69, 9.17) is 0 Å². The second kappa shape index (κ2) is 9.21. The lowest BCUT2D eigenvalue weighted by Crippen LogP contribution is -2.29. The molecule has 0 heterocycles. The van der Waals surface area contributed by atoms with Crippen molar-refractivity contribution in [3.63, 3.8) is 0 Å². The lowest BCUT2D eigenvalue weighted by molar-refractivity contribution is -0.152. The van der Waals surface area contributed by atoms with Crippen molar-refractivity contribution in [3.8, 4) is 0 Å². The van der Waals surface area contributed by atoms with Gasteiger partial charge < -0.3 is 20.1 Å². The summed E-state index contributed by atoms with van der Waals surface area (Å²) in [5.41, 5.74) is -0.0871. The molecule has 0 saturated carbocycles. The van der Waals surface area contributed by atoms with Gasteiger partial charge in [0.15, 0.2) is 11.6 Å². The minimum absolute atomic E-state index is 0.0398. The quantitative estimate of drug-likeness (QED) is 0.460. The lowest BCUT2D eigenvalue weighted by atomic mass is 9.83. The fraction of sp³-hybridized carbons (Fsp3) is 0.182. The van der Waals surface area contributed by atoms with E-state index in [2.05, 4.69) is 20.1 Å². The molecular formula is C22H18N2O8. The van der Waals surface area contributed by atoms with Gasteiger partial charge in [-0.15, -0.1) is 0 Å². The summed E-state index contributed by atoms with van der Waals surface area (Å²) in [7, 11) is 0. The van der Waals surface area contributed by atoms with Crippen molar-refractivity contribution >= 4 is 46.7 Å². The molecule has 3 rings (SSSR count). The Bertz CT molecular complexity index is 1080. The van der Waals surface area contributed by atoms with Crippen LogP contribution in [0.15, 0.2) is 36.4 Å². The van der Waals surface area contributed by atoms with Crippen molar-refractivity contribution in [2.75, 3.05) is 23.8 Å². The third kappa shape index (κ3) is 4.24. The SMILES string of the molecule is CCOC(=O)C(=O)Nc1cc2c(cc1NC(=O)C(=O)OCC)C(=O)c1ccccc1C2=O. The predicted molar refractivity (Wildman–Crippen MR) is 110 cm³/mol. The third-order valence-electron chi connectivity index (χ3n) is 4.48. The van der Waals surface area contributed by atoms with E-state index >= 15 is 0 Å². The van der Waals surface area contributed by atoms with Crippen LogP contribution in [0.5, 0.6) is 0 Å². The maximum absolute atomic E-state index is 12.9. The second-order valence-corrected chi connectivity index (χ2v) is 6.50. The fourth-order valence-corrected chi connectivity index (χ4v) is 3.09. The van der Waals surface area contributed by atoms with E-state index in [0.29, 0.717) is 0 Å². The summed E-state index contributed by atoms with van der Waals surface area (Å²) in [5, 5.41) is 4.47. The van der Waals surface area contributed by atoms with Crippen molar-refractivity contribution in [1.29, 1.82) is 0 Å². The molecule has 0 bridgehead atoms. The van der Waals surface area contributed by atoms with Gasteiger partial charge in [-0.05, 0) is 26.0 Å². The number of amides is 2. The van der Waals surface area contributed by atoms with Crippen LogP contribution in [-0.2, 0) is 28.7 Å². The average molecular weight is 438 g/mol. The van der Waals surface area contributed by atoms with Crippen molar-refractivity contribution in [1.82, 2.24) is 0 Å². The van der Waals surface area contributed by atoms with Gasteiger partial charge in [-0.1, -0.05) is 24.3 Å². The molecule has 0 unspecified atom stereocenters. The van der Waals surface area contributed by atoms with E-state index in [1.54, 1.807) is 12.1 Å². The number of nitrogens with one attached hydrogen (secondary N) is 2. The van der Waals surface area contributed by atoms with Crippen molar-refractivity contribution in [3.05, 3.63) is 58.7 Å². The molecule has 0 aromatic heterocycles. The predicted octanol–water partition coefficient (Wildman–Crippen LogP) is 1.47. The Hall–Kier alpha value is -4.34. The van der Waals surface area contributed by atoms with E-state index in [-0.39, 0.29) is 46.8 Å². The largest absolute Gasteiger partial charge is 0.459 e. The Balaban J connectivity index is 2.07. The van der Waals surface area contributed by atoms with Crippen LogP contribution >= 0.6 is 0 Å². The molecule has 10 nitrogen and oxygen atoms in total. The van der Waals surface area contributed by atoms with Crippen LogP contribution < -0.4 is 10.6 Å².